The van der Waals surface area contributed by atoms with Gasteiger partial charge in [-0.2, -0.15) is 0 Å². The van der Waals surface area contributed by atoms with Crippen LogP contribution in [0.4, 0.5) is 0 Å². The molecule has 1 aliphatic rings. The first-order chi connectivity index (χ1) is 7.80. The van der Waals surface area contributed by atoms with Crippen molar-refractivity contribution in [1.82, 2.24) is 10.2 Å². The summed E-state index contributed by atoms with van der Waals surface area (Å²) in [5, 5.41) is 3.43. The average molecular weight is 240 g/mol. The Hall–Kier alpha value is -0.0800. The van der Waals surface area contributed by atoms with E-state index in [1.54, 1.807) is 0 Å². The molecule has 0 aromatic carbocycles. The van der Waals surface area contributed by atoms with Crippen molar-refractivity contribution in [2.45, 2.75) is 71.4 Å². The molecule has 102 valence electrons. The van der Waals surface area contributed by atoms with E-state index in [1.807, 2.05) is 0 Å². The summed E-state index contributed by atoms with van der Waals surface area (Å²) < 4.78 is 0. The maximum absolute atomic E-state index is 3.43. The van der Waals surface area contributed by atoms with Gasteiger partial charge in [0.05, 0.1) is 0 Å². The molecule has 1 N–H and O–H groups in total. The summed E-state index contributed by atoms with van der Waals surface area (Å²) in [6.45, 7) is 14.3. The van der Waals surface area contributed by atoms with Gasteiger partial charge in [0, 0.05) is 11.1 Å². The summed E-state index contributed by atoms with van der Waals surface area (Å²) in [6, 6.07) is 0. The highest BCUT2D eigenvalue weighted by atomic mass is 15.2. The summed E-state index contributed by atoms with van der Waals surface area (Å²) >= 11 is 0. The highest BCUT2D eigenvalue weighted by molar-refractivity contribution is 4.92. The van der Waals surface area contributed by atoms with Crippen LogP contribution >= 0.6 is 0 Å². The van der Waals surface area contributed by atoms with Crippen LogP contribution in [0.15, 0.2) is 0 Å². The predicted octanol–water partition coefficient (Wildman–Crippen LogP) is 3.28. The fourth-order valence-electron chi connectivity index (χ4n) is 3.23. The Labute approximate surface area is 108 Å². The summed E-state index contributed by atoms with van der Waals surface area (Å²) in [6.07, 6.45) is 5.34. The van der Waals surface area contributed by atoms with Gasteiger partial charge in [-0.05, 0) is 73.0 Å². The van der Waals surface area contributed by atoms with Crippen LogP contribution < -0.4 is 5.32 Å². The normalized spacial score (nSPS) is 20.8. The van der Waals surface area contributed by atoms with E-state index in [4.69, 9.17) is 0 Å². The monoisotopic (exact) mass is 240 g/mol. The molecule has 1 saturated heterocycles. The van der Waals surface area contributed by atoms with E-state index in [1.165, 1.54) is 38.8 Å². The topological polar surface area (TPSA) is 15.3 Å². The molecular weight excluding hydrogens is 208 g/mol. The summed E-state index contributed by atoms with van der Waals surface area (Å²) in [5.41, 5.74) is 0.538. The summed E-state index contributed by atoms with van der Waals surface area (Å²) in [4.78, 5) is 2.69. The first-order valence-corrected chi connectivity index (χ1v) is 7.25. The minimum absolute atomic E-state index is 0.227. The van der Waals surface area contributed by atoms with Crippen LogP contribution in [0, 0.1) is 5.92 Å². The first kappa shape index (κ1) is 15.0. The Morgan fingerprint density at radius 1 is 1.12 bits per heavy atom. The number of hydrogen-bond acceptors (Lipinski definition) is 2. The molecule has 17 heavy (non-hydrogen) atoms. The van der Waals surface area contributed by atoms with Crippen LogP contribution in [0.25, 0.3) is 0 Å². The van der Waals surface area contributed by atoms with Crippen molar-refractivity contribution >= 4 is 0 Å². The maximum atomic E-state index is 3.43. The SMILES string of the molecule is CCC1CCN(C(C)(C)CC(C)(C)NC)CC1. The van der Waals surface area contributed by atoms with Crippen LogP contribution in [-0.2, 0) is 0 Å². The van der Waals surface area contributed by atoms with Crippen LogP contribution in [0.5, 0.6) is 0 Å². The van der Waals surface area contributed by atoms with Crippen LogP contribution in [0.3, 0.4) is 0 Å². The number of rotatable bonds is 5. The lowest BCUT2D eigenvalue weighted by molar-refractivity contribution is 0.0502. The molecule has 1 heterocycles. The Kier molecular flexibility index (Phi) is 5.03. The second-order valence-electron chi connectivity index (χ2n) is 6.96. The van der Waals surface area contributed by atoms with Crippen molar-refractivity contribution in [3.8, 4) is 0 Å². The Morgan fingerprint density at radius 3 is 2.06 bits per heavy atom. The van der Waals surface area contributed by atoms with Crippen molar-refractivity contribution in [2.24, 2.45) is 5.92 Å². The Morgan fingerprint density at radius 2 is 1.65 bits per heavy atom. The van der Waals surface area contributed by atoms with Crippen molar-refractivity contribution in [2.75, 3.05) is 20.1 Å². The molecule has 0 amide bonds. The number of hydrogen-bond donors (Lipinski definition) is 1. The molecule has 0 aromatic heterocycles. The molecule has 1 rings (SSSR count). The molecule has 0 aromatic rings. The zero-order chi connectivity index (χ0) is 13.1. The number of nitrogens with one attached hydrogen (secondary N) is 1. The Bertz CT molecular complexity index is 225. The van der Waals surface area contributed by atoms with E-state index >= 15 is 0 Å². The molecule has 0 aliphatic carbocycles. The number of piperidine rings is 1. The lowest BCUT2D eigenvalue weighted by Gasteiger charge is -2.46. The molecule has 0 saturated carbocycles. The third kappa shape index (κ3) is 4.26. The van der Waals surface area contributed by atoms with Crippen LogP contribution in [0.1, 0.15) is 60.3 Å². The molecule has 2 nitrogen and oxygen atoms in total. The van der Waals surface area contributed by atoms with E-state index in [-0.39, 0.29) is 5.54 Å². The largest absolute Gasteiger partial charge is 0.315 e. The molecule has 0 bridgehead atoms. The molecule has 0 unspecified atom stereocenters. The number of likely N-dealkylation sites (tertiary alicyclic amines) is 1. The summed E-state index contributed by atoms with van der Waals surface area (Å²) in [5.74, 6) is 0.972. The predicted molar refractivity (Wildman–Crippen MR) is 76.4 cm³/mol. The van der Waals surface area contributed by atoms with E-state index < -0.39 is 0 Å². The molecule has 0 radical (unpaired) electrons. The zero-order valence-corrected chi connectivity index (χ0v) is 12.8. The van der Waals surface area contributed by atoms with Gasteiger partial charge < -0.3 is 5.32 Å². The van der Waals surface area contributed by atoms with Gasteiger partial charge in [0.25, 0.3) is 0 Å². The zero-order valence-electron chi connectivity index (χ0n) is 12.8. The second-order valence-corrected chi connectivity index (χ2v) is 6.96. The van der Waals surface area contributed by atoms with Crippen molar-refractivity contribution < 1.29 is 0 Å². The molecule has 0 spiro atoms. The minimum Gasteiger partial charge on any atom is -0.315 e. The molecule has 1 aliphatic heterocycles. The smallest absolute Gasteiger partial charge is 0.0170 e. The van der Waals surface area contributed by atoms with E-state index in [0.717, 1.165) is 5.92 Å². The lowest BCUT2D eigenvalue weighted by Crippen LogP contribution is -2.53. The molecule has 1 fully saturated rings. The van der Waals surface area contributed by atoms with Gasteiger partial charge in [-0.1, -0.05) is 13.3 Å². The van der Waals surface area contributed by atoms with Gasteiger partial charge in [-0.3, -0.25) is 4.90 Å². The Balaban J connectivity index is 2.54. The van der Waals surface area contributed by atoms with Gasteiger partial charge in [0.1, 0.15) is 0 Å². The van der Waals surface area contributed by atoms with Gasteiger partial charge >= 0.3 is 0 Å². The van der Waals surface area contributed by atoms with Crippen molar-refractivity contribution in [1.29, 1.82) is 0 Å². The van der Waals surface area contributed by atoms with Gasteiger partial charge in [-0.15, -0.1) is 0 Å². The average Bonchev–Trinajstić information content (AvgIpc) is 2.28. The van der Waals surface area contributed by atoms with Gasteiger partial charge in [0.2, 0.25) is 0 Å². The fraction of sp³-hybridized carbons (Fsp3) is 1.00. The number of nitrogens with zero attached hydrogens (tertiary/aromatic N) is 1. The standard InChI is InChI=1S/C15H32N2/c1-7-13-8-10-17(11-9-13)15(4,5)12-14(2,3)16-6/h13,16H,7-12H2,1-6H3. The quantitative estimate of drug-likeness (QED) is 0.793. The van der Waals surface area contributed by atoms with E-state index in [2.05, 4.69) is 51.9 Å². The highest BCUT2D eigenvalue weighted by Gasteiger charge is 2.34. The third-order valence-electron chi connectivity index (χ3n) is 4.60. The van der Waals surface area contributed by atoms with Crippen LogP contribution in [0.2, 0.25) is 0 Å². The molecule has 0 atom stereocenters. The third-order valence-corrected chi connectivity index (χ3v) is 4.60. The van der Waals surface area contributed by atoms with E-state index in [0.29, 0.717) is 5.54 Å². The van der Waals surface area contributed by atoms with Gasteiger partial charge in [-0.25, -0.2) is 0 Å². The second kappa shape index (κ2) is 5.71. The lowest BCUT2D eigenvalue weighted by atomic mass is 9.83. The minimum atomic E-state index is 0.227. The highest BCUT2D eigenvalue weighted by Crippen LogP contribution is 2.30. The summed E-state index contributed by atoms with van der Waals surface area (Å²) in [7, 11) is 2.07. The van der Waals surface area contributed by atoms with Crippen molar-refractivity contribution in [3.05, 3.63) is 0 Å². The van der Waals surface area contributed by atoms with E-state index in [9.17, 15) is 0 Å². The van der Waals surface area contributed by atoms with Gasteiger partial charge in [0.15, 0.2) is 0 Å². The first-order valence-electron chi connectivity index (χ1n) is 7.25. The molecule has 2 heteroatoms. The fourth-order valence-corrected chi connectivity index (χ4v) is 3.23. The molecular formula is C15H32N2. The maximum Gasteiger partial charge on any atom is 0.0170 e. The van der Waals surface area contributed by atoms with Crippen LogP contribution in [-0.4, -0.2) is 36.1 Å². The van der Waals surface area contributed by atoms with Crippen molar-refractivity contribution in [3.63, 3.8) is 0 Å².